The maximum atomic E-state index is 12.2. The number of benzene rings is 1. The summed E-state index contributed by atoms with van der Waals surface area (Å²) in [5.41, 5.74) is 3.02. The average molecular weight is 285 g/mol. The first-order valence-corrected chi connectivity index (χ1v) is 7.98. The Balaban J connectivity index is 1.65. The molecule has 0 aliphatic heterocycles. The minimum absolute atomic E-state index is 0.116. The van der Waals surface area contributed by atoms with Gasteiger partial charge in [0.05, 0.1) is 12.7 Å². The average Bonchev–Trinajstić information content (AvgIpc) is 2.68. The van der Waals surface area contributed by atoms with Gasteiger partial charge in [0.25, 0.3) is 0 Å². The van der Waals surface area contributed by atoms with Crippen molar-refractivity contribution in [1.29, 1.82) is 0 Å². The molecule has 0 saturated heterocycles. The number of carbonyl (C=O) groups is 1. The summed E-state index contributed by atoms with van der Waals surface area (Å²) >= 11 is 0. The van der Waals surface area contributed by atoms with Crippen LogP contribution in [-0.4, -0.2) is 11.9 Å². The van der Waals surface area contributed by atoms with Gasteiger partial charge in [-0.15, -0.1) is 0 Å². The van der Waals surface area contributed by atoms with Crippen molar-refractivity contribution in [3.05, 3.63) is 35.6 Å². The van der Waals surface area contributed by atoms with E-state index in [0.717, 1.165) is 29.4 Å². The minimum atomic E-state index is 0.116. The lowest BCUT2D eigenvalue weighted by molar-refractivity contribution is -0.121. The standard InChI is InChI=1S/C18H23NO2/c1-13-8-9-16-14(12-21-17(16)10-13)11-18(20)19-15-6-4-2-3-5-7-15/h8-10,12,15H,2-7,11H2,1H3,(H,19,20). The Kier molecular flexibility index (Phi) is 4.28. The summed E-state index contributed by atoms with van der Waals surface area (Å²) in [6.07, 6.45) is 9.45. The molecule has 2 aromatic rings. The quantitative estimate of drug-likeness (QED) is 0.862. The predicted octanol–water partition coefficient (Wildman–Crippen LogP) is 4.12. The third-order valence-electron chi connectivity index (χ3n) is 4.38. The van der Waals surface area contributed by atoms with Crippen LogP contribution in [0.25, 0.3) is 11.0 Å². The maximum Gasteiger partial charge on any atom is 0.224 e. The van der Waals surface area contributed by atoms with Gasteiger partial charge >= 0.3 is 0 Å². The summed E-state index contributed by atoms with van der Waals surface area (Å²) in [5, 5.41) is 4.25. The normalized spacial score (nSPS) is 16.8. The van der Waals surface area contributed by atoms with Crippen LogP contribution in [0.15, 0.2) is 28.9 Å². The van der Waals surface area contributed by atoms with E-state index in [-0.39, 0.29) is 5.91 Å². The summed E-state index contributed by atoms with van der Waals surface area (Å²) in [5.74, 6) is 0.116. The molecule has 1 saturated carbocycles. The van der Waals surface area contributed by atoms with E-state index in [1.807, 2.05) is 19.1 Å². The molecule has 0 unspecified atom stereocenters. The van der Waals surface area contributed by atoms with Crippen LogP contribution in [0.3, 0.4) is 0 Å². The number of amides is 1. The van der Waals surface area contributed by atoms with Gasteiger partial charge in [0.2, 0.25) is 5.91 Å². The van der Waals surface area contributed by atoms with Crippen molar-refractivity contribution in [3.63, 3.8) is 0 Å². The molecular weight excluding hydrogens is 262 g/mol. The summed E-state index contributed by atoms with van der Waals surface area (Å²) in [6.45, 7) is 2.04. The molecule has 0 radical (unpaired) electrons. The molecule has 0 bridgehead atoms. The van der Waals surface area contributed by atoms with E-state index in [4.69, 9.17) is 4.42 Å². The van der Waals surface area contributed by atoms with Crippen LogP contribution in [-0.2, 0) is 11.2 Å². The molecule has 0 spiro atoms. The van der Waals surface area contributed by atoms with Crippen LogP contribution in [0, 0.1) is 6.92 Å². The van der Waals surface area contributed by atoms with Crippen molar-refractivity contribution in [2.24, 2.45) is 0 Å². The van der Waals surface area contributed by atoms with E-state index in [9.17, 15) is 4.79 Å². The summed E-state index contributed by atoms with van der Waals surface area (Å²) in [6, 6.07) is 6.48. The molecule has 1 amide bonds. The summed E-state index contributed by atoms with van der Waals surface area (Å²) in [4.78, 5) is 12.2. The zero-order chi connectivity index (χ0) is 14.7. The molecule has 1 aliphatic rings. The van der Waals surface area contributed by atoms with Gasteiger partial charge in [-0.1, -0.05) is 37.8 Å². The van der Waals surface area contributed by atoms with Gasteiger partial charge in [-0.3, -0.25) is 4.79 Å². The van der Waals surface area contributed by atoms with Crippen molar-refractivity contribution in [2.45, 2.75) is 57.9 Å². The largest absolute Gasteiger partial charge is 0.464 e. The Morgan fingerprint density at radius 1 is 1.24 bits per heavy atom. The van der Waals surface area contributed by atoms with Crippen LogP contribution in [0.1, 0.15) is 49.7 Å². The summed E-state index contributed by atoms with van der Waals surface area (Å²) < 4.78 is 5.56. The van der Waals surface area contributed by atoms with E-state index in [1.165, 1.54) is 31.2 Å². The van der Waals surface area contributed by atoms with Gasteiger partial charge in [0.15, 0.2) is 0 Å². The molecule has 3 nitrogen and oxygen atoms in total. The third-order valence-corrected chi connectivity index (χ3v) is 4.38. The maximum absolute atomic E-state index is 12.2. The molecule has 21 heavy (non-hydrogen) atoms. The molecule has 1 aromatic heterocycles. The van der Waals surface area contributed by atoms with Crippen molar-refractivity contribution in [1.82, 2.24) is 5.32 Å². The highest BCUT2D eigenvalue weighted by molar-refractivity contribution is 5.88. The SMILES string of the molecule is Cc1ccc2c(CC(=O)NC3CCCCCC3)coc2c1. The van der Waals surface area contributed by atoms with E-state index in [1.54, 1.807) is 6.26 Å². The molecule has 1 fully saturated rings. The molecule has 1 heterocycles. The number of furan rings is 1. The number of rotatable bonds is 3. The van der Waals surface area contributed by atoms with Crippen LogP contribution in [0.2, 0.25) is 0 Å². The monoisotopic (exact) mass is 285 g/mol. The zero-order valence-electron chi connectivity index (χ0n) is 12.7. The number of hydrogen-bond donors (Lipinski definition) is 1. The van der Waals surface area contributed by atoms with E-state index in [0.29, 0.717) is 12.5 Å². The molecular formula is C18H23NO2. The molecule has 1 aromatic carbocycles. The molecule has 1 N–H and O–H groups in total. The van der Waals surface area contributed by atoms with Crippen molar-refractivity contribution < 1.29 is 9.21 Å². The molecule has 3 heteroatoms. The molecule has 112 valence electrons. The predicted molar refractivity (Wildman–Crippen MR) is 84.3 cm³/mol. The third kappa shape index (κ3) is 3.46. The van der Waals surface area contributed by atoms with Crippen molar-refractivity contribution in [3.8, 4) is 0 Å². The van der Waals surface area contributed by atoms with Gasteiger partial charge in [0.1, 0.15) is 5.58 Å². The second-order valence-electron chi connectivity index (χ2n) is 6.19. The van der Waals surface area contributed by atoms with Crippen molar-refractivity contribution in [2.75, 3.05) is 0 Å². The van der Waals surface area contributed by atoms with Gasteiger partial charge in [-0.25, -0.2) is 0 Å². The molecule has 3 rings (SSSR count). The van der Waals surface area contributed by atoms with Gasteiger partial charge < -0.3 is 9.73 Å². The fourth-order valence-electron chi connectivity index (χ4n) is 3.20. The number of nitrogens with one attached hydrogen (secondary N) is 1. The number of fused-ring (bicyclic) bond motifs is 1. The Bertz CT molecular complexity index is 621. The topological polar surface area (TPSA) is 42.2 Å². The first-order valence-electron chi connectivity index (χ1n) is 7.98. The minimum Gasteiger partial charge on any atom is -0.464 e. The number of carbonyl (C=O) groups excluding carboxylic acids is 1. The molecule has 0 atom stereocenters. The number of aryl methyl sites for hydroxylation is 1. The lowest BCUT2D eigenvalue weighted by Crippen LogP contribution is -2.35. The Morgan fingerprint density at radius 3 is 2.76 bits per heavy atom. The number of hydrogen-bond acceptors (Lipinski definition) is 2. The van der Waals surface area contributed by atoms with Gasteiger partial charge in [0, 0.05) is 17.0 Å². The highest BCUT2D eigenvalue weighted by Crippen LogP contribution is 2.23. The van der Waals surface area contributed by atoms with Crippen LogP contribution >= 0.6 is 0 Å². The summed E-state index contributed by atoms with van der Waals surface area (Å²) in [7, 11) is 0. The fraction of sp³-hybridized carbons (Fsp3) is 0.500. The second kappa shape index (κ2) is 6.33. The van der Waals surface area contributed by atoms with Gasteiger partial charge in [-0.05, 0) is 31.4 Å². The lowest BCUT2D eigenvalue weighted by atomic mass is 10.1. The Morgan fingerprint density at radius 2 is 2.00 bits per heavy atom. The van der Waals surface area contributed by atoms with Crippen molar-refractivity contribution >= 4 is 16.9 Å². The van der Waals surface area contributed by atoms with Crippen LogP contribution in [0.5, 0.6) is 0 Å². The fourth-order valence-corrected chi connectivity index (χ4v) is 3.20. The van der Waals surface area contributed by atoms with Crippen LogP contribution in [0.4, 0.5) is 0 Å². The van der Waals surface area contributed by atoms with Gasteiger partial charge in [-0.2, -0.15) is 0 Å². The highest BCUT2D eigenvalue weighted by atomic mass is 16.3. The first-order chi connectivity index (χ1) is 10.2. The van der Waals surface area contributed by atoms with E-state index >= 15 is 0 Å². The Labute approximate surface area is 125 Å². The van der Waals surface area contributed by atoms with E-state index < -0.39 is 0 Å². The smallest absolute Gasteiger partial charge is 0.224 e. The second-order valence-corrected chi connectivity index (χ2v) is 6.19. The lowest BCUT2D eigenvalue weighted by Gasteiger charge is -2.15. The molecule has 1 aliphatic carbocycles. The first kappa shape index (κ1) is 14.2. The van der Waals surface area contributed by atoms with E-state index in [2.05, 4.69) is 11.4 Å². The van der Waals surface area contributed by atoms with Crippen LogP contribution < -0.4 is 5.32 Å². The Hall–Kier alpha value is -1.77. The zero-order valence-corrected chi connectivity index (χ0v) is 12.7. The highest BCUT2D eigenvalue weighted by Gasteiger charge is 2.16.